The van der Waals surface area contributed by atoms with Gasteiger partial charge in [-0.25, -0.2) is 9.98 Å². The zero-order valence-corrected chi connectivity index (χ0v) is 19.6. The molecule has 0 bridgehead atoms. The molecular weight excluding hydrogens is 448 g/mol. The fraction of sp³-hybridized carbons (Fsp3) is 0.0333. The average Bonchev–Trinajstić information content (AvgIpc) is 3.51. The number of aromatic nitrogens is 2. The number of carbonyl (C=O) groups excluding carboxylic acids is 1. The molecule has 6 nitrogen and oxygen atoms in total. The van der Waals surface area contributed by atoms with Gasteiger partial charge in [-0.05, 0) is 48.0 Å². The first-order valence-corrected chi connectivity index (χ1v) is 11.6. The summed E-state index contributed by atoms with van der Waals surface area (Å²) < 4.78 is 5.25. The van der Waals surface area contributed by atoms with Crippen LogP contribution in [0.3, 0.4) is 0 Å². The lowest BCUT2D eigenvalue weighted by atomic mass is 10.1. The van der Waals surface area contributed by atoms with Crippen molar-refractivity contribution in [2.24, 2.45) is 4.99 Å². The Morgan fingerprint density at radius 2 is 1.58 bits per heavy atom. The molecule has 5 aromatic rings. The number of anilines is 1. The first-order chi connectivity index (χ1) is 17.7. The minimum Gasteiger partial charge on any atom is -0.497 e. The van der Waals surface area contributed by atoms with Gasteiger partial charge in [0.1, 0.15) is 23.1 Å². The van der Waals surface area contributed by atoms with Gasteiger partial charge >= 0.3 is 0 Å². The van der Waals surface area contributed by atoms with Gasteiger partial charge in [0.05, 0.1) is 23.8 Å². The first kappa shape index (κ1) is 21.6. The minimum absolute atomic E-state index is 0.188. The number of imidazole rings is 1. The monoisotopic (exact) mass is 470 g/mol. The number of nitrogens with zero attached hydrogens (tertiary/aromatic N) is 3. The molecule has 0 saturated carbocycles. The number of H-pyrrole nitrogens is 1. The smallest absolute Gasteiger partial charge is 0.282 e. The molecule has 6 heteroatoms. The number of aliphatic imine (C=N–C) groups is 1. The van der Waals surface area contributed by atoms with E-state index in [0.29, 0.717) is 11.5 Å². The second kappa shape index (κ2) is 9.00. The van der Waals surface area contributed by atoms with E-state index in [2.05, 4.69) is 4.98 Å². The molecular formula is C30H22N4O2. The molecule has 0 fully saturated rings. The standard InChI is InChI=1S/C30H22N4O2/c1-36-24-16-14-20(15-17-24)18-27-30(35)34(29(33-27)21-8-3-2-4-9-21)23-11-7-10-22(19-23)28-31-25-12-5-6-13-26(25)32-28/h2-19H,1H3,(H,31,32)/b27-18+. The number of aromatic amines is 1. The summed E-state index contributed by atoms with van der Waals surface area (Å²) in [4.78, 5) is 28.2. The van der Waals surface area contributed by atoms with E-state index in [0.717, 1.165) is 45.0 Å². The van der Waals surface area contributed by atoms with Crippen LogP contribution in [-0.4, -0.2) is 28.8 Å². The summed E-state index contributed by atoms with van der Waals surface area (Å²) in [5.74, 6) is 1.90. The zero-order chi connectivity index (χ0) is 24.5. The van der Waals surface area contributed by atoms with E-state index in [4.69, 9.17) is 14.7 Å². The van der Waals surface area contributed by atoms with Crippen molar-refractivity contribution in [3.05, 3.63) is 120 Å². The molecule has 0 aliphatic carbocycles. The van der Waals surface area contributed by atoms with E-state index < -0.39 is 0 Å². The molecule has 0 spiro atoms. The third kappa shape index (κ3) is 3.95. The number of ether oxygens (including phenoxy) is 1. The molecule has 0 radical (unpaired) electrons. The van der Waals surface area contributed by atoms with Crippen LogP contribution in [0.4, 0.5) is 5.69 Å². The molecule has 1 aliphatic rings. The molecule has 36 heavy (non-hydrogen) atoms. The predicted octanol–water partition coefficient (Wildman–Crippen LogP) is 6.07. The topological polar surface area (TPSA) is 70.6 Å². The van der Waals surface area contributed by atoms with Crippen LogP contribution in [-0.2, 0) is 4.79 Å². The highest BCUT2D eigenvalue weighted by Crippen LogP contribution is 2.31. The highest BCUT2D eigenvalue weighted by atomic mass is 16.5. The number of fused-ring (bicyclic) bond motifs is 1. The highest BCUT2D eigenvalue weighted by Gasteiger charge is 2.32. The maximum atomic E-state index is 13.7. The van der Waals surface area contributed by atoms with Crippen molar-refractivity contribution in [2.75, 3.05) is 12.0 Å². The normalized spacial score (nSPS) is 14.5. The Hall–Kier alpha value is -4.97. The van der Waals surface area contributed by atoms with Crippen LogP contribution in [0, 0.1) is 0 Å². The molecule has 1 aliphatic heterocycles. The van der Waals surface area contributed by atoms with Crippen molar-refractivity contribution >= 4 is 34.5 Å². The molecule has 1 aromatic heterocycles. The van der Waals surface area contributed by atoms with E-state index in [9.17, 15) is 4.79 Å². The fourth-order valence-electron chi connectivity index (χ4n) is 4.28. The van der Waals surface area contributed by atoms with Crippen LogP contribution in [0.5, 0.6) is 5.75 Å². The van der Waals surface area contributed by atoms with E-state index in [1.165, 1.54) is 0 Å². The maximum absolute atomic E-state index is 13.7. The lowest BCUT2D eigenvalue weighted by Crippen LogP contribution is -2.32. The van der Waals surface area contributed by atoms with Crippen molar-refractivity contribution in [1.82, 2.24) is 9.97 Å². The van der Waals surface area contributed by atoms with Gasteiger partial charge in [0.25, 0.3) is 5.91 Å². The number of amidine groups is 1. The number of para-hydroxylation sites is 2. The third-order valence-corrected chi connectivity index (χ3v) is 6.08. The average molecular weight is 471 g/mol. The summed E-state index contributed by atoms with van der Waals surface area (Å²) in [6.07, 6.45) is 1.80. The van der Waals surface area contributed by atoms with Gasteiger partial charge in [0.2, 0.25) is 0 Å². The van der Waals surface area contributed by atoms with E-state index >= 15 is 0 Å². The Labute approximate surface area is 208 Å². The molecule has 4 aromatic carbocycles. The second-order valence-corrected chi connectivity index (χ2v) is 8.40. The highest BCUT2D eigenvalue weighted by molar-refractivity contribution is 6.33. The molecule has 1 amide bonds. The van der Waals surface area contributed by atoms with Crippen LogP contribution in [0.1, 0.15) is 11.1 Å². The van der Waals surface area contributed by atoms with Crippen molar-refractivity contribution < 1.29 is 9.53 Å². The van der Waals surface area contributed by atoms with Gasteiger partial charge in [0, 0.05) is 11.1 Å². The molecule has 6 rings (SSSR count). The summed E-state index contributed by atoms with van der Waals surface area (Å²) in [6.45, 7) is 0. The van der Waals surface area contributed by atoms with Crippen molar-refractivity contribution in [3.8, 4) is 17.1 Å². The lowest BCUT2D eigenvalue weighted by molar-refractivity contribution is -0.113. The van der Waals surface area contributed by atoms with Crippen molar-refractivity contribution in [2.45, 2.75) is 0 Å². The Morgan fingerprint density at radius 1 is 0.833 bits per heavy atom. The summed E-state index contributed by atoms with van der Waals surface area (Å²) in [7, 11) is 1.63. The maximum Gasteiger partial charge on any atom is 0.282 e. The van der Waals surface area contributed by atoms with Gasteiger partial charge in [0.15, 0.2) is 0 Å². The Kier molecular flexibility index (Phi) is 5.39. The number of amides is 1. The van der Waals surface area contributed by atoms with E-state index in [1.54, 1.807) is 18.1 Å². The van der Waals surface area contributed by atoms with Crippen molar-refractivity contribution in [3.63, 3.8) is 0 Å². The molecule has 0 unspecified atom stereocenters. The number of methoxy groups -OCH3 is 1. The minimum atomic E-state index is -0.188. The van der Waals surface area contributed by atoms with Crippen molar-refractivity contribution in [1.29, 1.82) is 0 Å². The molecule has 1 N–H and O–H groups in total. The third-order valence-electron chi connectivity index (χ3n) is 6.08. The van der Waals surface area contributed by atoms with Crippen LogP contribution >= 0.6 is 0 Å². The zero-order valence-electron chi connectivity index (χ0n) is 19.6. The number of benzene rings is 4. The number of carbonyl (C=O) groups is 1. The number of rotatable bonds is 5. The Bertz CT molecular complexity index is 1600. The summed E-state index contributed by atoms with van der Waals surface area (Å²) in [6, 6.07) is 33.0. The number of hydrogen-bond acceptors (Lipinski definition) is 4. The summed E-state index contributed by atoms with van der Waals surface area (Å²) in [5.41, 5.74) is 5.56. The Morgan fingerprint density at radius 3 is 2.36 bits per heavy atom. The van der Waals surface area contributed by atoms with E-state index in [1.807, 2.05) is 103 Å². The molecule has 2 heterocycles. The second-order valence-electron chi connectivity index (χ2n) is 8.40. The van der Waals surface area contributed by atoms with Gasteiger partial charge in [-0.1, -0.05) is 66.7 Å². The molecule has 174 valence electrons. The fourth-order valence-corrected chi connectivity index (χ4v) is 4.28. The number of nitrogens with one attached hydrogen (secondary N) is 1. The quantitative estimate of drug-likeness (QED) is 0.317. The first-order valence-electron chi connectivity index (χ1n) is 11.6. The largest absolute Gasteiger partial charge is 0.497 e. The van der Waals surface area contributed by atoms with Gasteiger partial charge in [-0.15, -0.1) is 0 Å². The molecule has 0 saturated heterocycles. The summed E-state index contributed by atoms with van der Waals surface area (Å²) >= 11 is 0. The van der Waals surface area contributed by atoms with Gasteiger partial charge in [-0.2, -0.15) is 0 Å². The van der Waals surface area contributed by atoms with Gasteiger partial charge in [-0.3, -0.25) is 9.69 Å². The van der Waals surface area contributed by atoms with Crippen LogP contribution in [0.25, 0.3) is 28.5 Å². The lowest BCUT2D eigenvalue weighted by Gasteiger charge is -2.19. The van der Waals surface area contributed by atoms with Crippen LogP contribution in [0.2, 0.25) is 0 Å². The van der Waals surface area contributed by atoms with E-state index in [-0.39, 0.29) is 5.91 Å². The van der Waals surface area contributed by atoms with Gasteiger partial charge < -0.3 is 9.72 Å². The molecule has 0 atom stereocenters. The summed E-state index contributed by atoms with van der Waals surface area (Å²) in [5, 5.41) is 0. The SMILES string of the molecule is COc1ccc(/C=C2/N=C(c3ccccc3)N(c3cccc(-c4nc5ccccc5[nH]4)c3)C2=O)cc1. The predicted molar refractivity (Wildman–Crippen MR) is 143 cm³/mol. The van der Waals surface area contributed by atoms with Crippen LogP contribution < -0.4 is 9.64 Å². The Balaban J connectivity index is 1.42. The number of hydrogen-bond donors (Lipinski definition) is 1. The van der Waals surface area contributed by atoms with Crippen LogP contribution in [0.15, 0.2) is 114 Å².